The second-order valence-electron chi connectivity index (χ2n) is 3.30. The molecule has 2 aromatic rings. The van der Waals surface area contributed by atoms with Gasteiger partial charge in [0.15, 0.2) is 0 Å². The van der Waals surface area contributed by atoms with Crippen molar-refractivity contribution in [3.05, 3.63) is 60.7 Å². The molecule has 4 nitrogen and oxygen atoms in total. The topological polar surface area (TPSA) is 49.4 Å². The van der Waals surface area contributed by atoms with E-state index >= 15 is 0 Å². The van der Waals surface area contributed by atoms with Crippen molar-refractivity contribution in [1.82, 2.24) is 0 Å². The van der Waals surface area contributed by atoms with Gasteiger partial charge in [-0.1, -0.05) is 36.4 Å². The van der Waals surface area contributed by atoms with E-state index < -0.39 is 0 Å². The van der Waals surface area contributed by atoms with Crippen LogP contribution in [0.1, 0.15) is 0 Å². The van der Waals surface area contributed by atoms with E-state index in [1.165, 1.54) is 0 Å². The minimum absolute atomic E-state index is 0.240. The van der Waals surface area contributed by atoms with Crippen molar-refractivity contribution in [3.8, 4) is 0 Å². The molecule has 0 aliphatic rings. The first kappa shape index (κ1) is 11.2. The average Bonchev–Trinajstić information content (AvgIpc) is 2.41. The van der Waals surface area contributed by atoms with Gasteiger partial charge in [0.25, 0.3) is 0 Å². The zero-order valence-electron chi connectivity index (χ0n) is 9.27. The number of hydrogen-bond donors (Lipinski definition) is 0. The van der Waals surface area contributed by atoms with Crippen LogP contribution in [0.3, 0.4) is 0 Å². The molecule has 82 valence electrons. The summed E-state index contributed by atoms with van der Waals surface area (Å²) in [6, 6.07) is 19.1. The third-order valence-electron chi connectivity index (χ3n) is 2.01. The summed E-state index contributed by atoms with van der Waals surface area (Å²) in [6.07, 6.45) is 0. The summed E-state index contributed by atoms with van der Waals surface area (Å²) < 4.78 is 0. The van der Waals surface area contributed by atoms with E-state index in [1.54, 1.807) is 0 Å². The molecule has 0 aliphatic carbocycles. The second kappa shape index (κ2) is 6.32. The fourth-order valence-electron chi connectivity index (χ4n) is 1.24. The van der Waals surface area contributed by atoms with Crippen molar-refractivity contribution in [2.45, 2.75) is 0 Å². The SMILES string of the molecule is B(N=Nc1ccccc1)N=Nc1ccccc1. The molecule has 17 heavy (non-hydrogen) atoms. The van der Waals surface area contributed by atoms with E-state index in [9.17, 15) is 0 Å². The third kappa shape index (κ3) is 3.99. The van der Waals surface area contributed by atoms with Crippen LogP contribution in [0.2, 0.25) is 0 Å². The Hall–Kier alpha value is -2.30. The van der Waals surface area contributed by atoms with Crippen molar-refractivity contribution in [2.75, 3.05) is 0 Å². The number of benzene rings is 2. The Morgan fingerprint density at radius 3 is 1.41 bits per heavy atom. The molecule has 2 rings (SSSR count). The highest BCUT2D eigenvalue weighted by molar-refractivity contribution is 6.29. The molecule has 0 unspecified atom stereocenters. The first-order chi connectivity index (χ1) is 8.45. The molecule has 0 spiro atoms. The number of rotatable bonds is 4. The molecular formula is C12H11BN4. The van der Waals surface area contributed by atoms with Crippen molar-refractivity contribution >= 4 is 18.9 Å². The highest BCUT2D eigenvalue weighted by atomic mass is 15.1. The lowest BCUT2D eigenvalue weighted by Gasteiger charge is -1.89. The van der Waals surface area contributed by atoms with Gasteiger partial charge in [-0.25, -0.2) is 10.1 Å². The van der Waals surface area contributed by atoms with Crippen LogP contribution in [-0.2, 0) is 0 Å². The highest BCUT2D eigenvalue weighted by Crippen LogP contribution is 2.11. The minimum Gasteiger partial charge on any atom is -0.223 e. The molecule has 5 heteroatoms. The predicted octanol–water partition coefficient (Wildman–Crippen LogP) is 3.82. The van der Waals surface area contributed by atoms with Crippen molar-refractivity contribution < 1.29 is 0 Å². The van der Waals surface area contributed by atoms with E-state index in [0.29, 0.717) is 0 Å². The molecule has 0 N–H and O–H groups in total. The Bertz CT molecular complexity index is 449. The molecule has 0 radical (unpaired) electrons. The molecular weight excluding hydrogens is 211 g/mol. The van der Waals surface area contributed by atoms with Crippen LogP contribution in [0, 0.1) is 0 Å². The van der Waals surface area contributed by atoms with Crippen LogP contribution in [0.5, 0.6) is 0 Å². The normalized spacial score (nSPS) is 11.1. The van der Waals surface area contributed by atoms with Gasteiger partial charge in [0.05, 0.1) is 11.4 Å². The van der Waals surface area contributed by atoms with E-state index in [0.717, 1.165) is 11.4 Å². The van der Waals surface area contributed by atoms with Crippen LogP contribution in [-0.4, -0.2) is 7.55 Å². The van der Waals surface area contributed by atoms with E-state index in [2.05, 4.69) is 20.3 Å². The summed E-state index contributed by atoms with van der Waals surface area (Å²) >= 11 is 0. The zero-order valence-corrected chi connectivity index (χ0v) is 9.27. The Morgan fingerprint density at radius 2 is 1.00 bits per heavy atom. The monoisotopic (exact) mass is 222 g/mol. The standard InChI is InChI=1S/C12H11BN4/c1-3-7-11(8-4-1)14-16-13-17-15-12-9-5-2-6-10-12/h1-10,13H. The van der Waals surface area contributed by atoms with Crippen LogP contribution < -0.4 is 0 Å². The van der Waals surface area contributed by atoms with Gasteiger partial charge < -0.3 is 0 Å². The number of hydrogen-bond acceptors (Lipinski definition) is 4. The zero-order chi connectivity index (χ0) is 11.8. The summed E-state index contributed by atoms with van der Waals surface area (Å²) in [6.45, 7) is 0. The maximum Gasteiger partial charge on any atom is 0.446 e. The van der Waals surface area contributed by atoms with Crippen LogP contribution >= 0.6 is 0 Å². The molecule has 0 bridgehead atoms. The summed E-state index contributed by atoms with van der Waals surface area (Å²) in [5, 5.41) is 15.9. The van der Waals surface area contributed by atoms with Gasteiger partial charge in [-0.05, 0) is 24.3 Å². The first-order valence-corrected chi connectivity index (χ1v) is 5.30. The second-order valence-corrected chi connectivity index (χ2v) is 3.30. The Kier molecular flexibility index (Phi) is 4.16. The molecule has 0 saturated heterocycles. The van der Waals surface area contributed by atoms with Crippen LogP contribution in [0.4, 0.5) is 11.4 Å². The lowest BCUT2D eigenvalue weighted by Crippen LogP contribution is -1.74. The largest absolute Gasteiger partial charge is 0.446 e. The van der Waals surface area contributed by atoms with Crippen LogP contribution in [0.25, 0.3) is 0 Å². The van der Waals surface area contributed by atoms with Gasteiger partial charge in [0, 0.05) is 0 Å². The van der Waals surface area contributed by atoms with Crippen LogP contribution in [0.15, 0.2) is 80.9 Å². The Labute approximate surface area is 100 Å². The lowest BCUT2D eigenvalue weighted by molar-refractivity contribution is 1.25. The van der Waals surface area contributed by atoms with E-state index in [-0.39, 0.29) is 7.55 Å². The quantitative estimate of drug-likeness (QED) is 0.557. The predicted molar refractivity (Wildman–Crippen MR) is 69.1 cm³/mol. The molecule has 0 heterocycles. The Morgan fingerprint density at radius 1 is 0.588 bits per heavy atom. The van der Waals surface area contributed by atoms with Crippen molar-refractivity contribution in [2.24, 2.45) is 20.3 Å². The fraction of sp³-hybridized carbons (Fsp3) is 0. The molecule has 0 aliphatic heterocycles. The van der Waals surface area contributed by atoms with Gasteiger partial charge in [-0.3, -0.25) is 0 Å². The van der Waals surface area contributed by atoms with E-state index in [4.69, 9.17) is 0 Å². The summed E-state index contributed by atoms with van der Waals surface area (Å²) in [5.74, 6) is 0. The van der Waals surface area contributed by atoms with Crippen molar-refractivity contribution in [3.63, 3.8) is 0 Å². The summed E-state index contributed by atoms with van der Waals surface area (Å²) in [5.41, 5.74) is 1.64. The van der Waals surface area contributed by atoms with Gasteiger partial charge in [0.2, 0.25) is 0 Å². The minimum atomic E-state index is 0.240. The van der Waals surface area contributed by atoms with Gasteiger partial charge in [0.1, 0.15) is 0 Å². The molecule has 0 aromatic heterocycles. The third-order valence-corrected chi connectivity index (χ3v) is 2.01. The van der Waals surface area contributed by atoms with Crippen molar-refractivity contribution in [1.29, 1.82) is 0 Å². The average molecular weight is 222 g/mol. The maximum absolute atomic E-state index is 4.01. The maximum atomic E-state index is 4.01. The first-order valence-electron chi connectivity index (χ1n) is 5.30. The molecule has 0 fully saturated rings. The van der Waals surface area contributed by atoms with E-state index in [1.807, 2.05) is 60.7 Å². The van der Waals surface area contributed by atoms with Gasteiger partial charge >= 0.3 is 7.55 Å². The lowest BCUT2D eigenvalue weighted by atomic mass is 10.2. The summed E-state index contributed by atoms with van der Waals surface area (Å²) in [4.78, 5) is 0. The number of nitrogens with zero attached hydrogens (tertiary/aromatic N) is 4. The molecule has 0 saturated carbocycles. The highest BCUT2D eigenvalue weighted by Gasteiger charge is 1.87. The Balaban J connectivity index is 1.84. The molecule has 0 atom stereocenters. The van der Waals surface area contributed by atoms with Gasteiger partial charge in [-0.15, -0.1) is 0 Å². The van der Waals surface area contributed by atoms with Gasteiger partial charge in [-0.2, -0.15) is 10.2 Å². The smallest absolute Gasteiger partial charge is 0.223 e. The summed E-state index contributed by atoms with van der Waals surface area (Å²) in [7, 11) is 0.240. The fourth-order valence-corrected chi connectivity index (χ4v) is 1.24. The molecule has 2 aromatic carbocycles. The molecule has 0 amide bonds.